The second kappa shape index (κ2) is 8.41. The Morgan fingerprint density at radius 2 is 2.04 bits per heavy atom. The van der Waals surface area contributed by atoms with Gasteiger partial charge in [-0.3, -0.25) is 9.78 Å². The molecule has 0 aliphatic rings. The van der Waals surface area contributed by atoms with Crippen LogP contribution in [0.3, 0.4) is 0 Å². The van der Waals surface area contributed by atoms with Gasteiger partial charge >= 0.3 is 0 Å². The Hall–Kier alpha value is -3.26. The number of nitrogens with one attached hydrogen (secondary N) is 2. The Morgan fingerprint density at radius 1 is 1.26 bits per heavy atom. The number of hydrogen-bond donors (Lipinski definition) is 2. The van der Waals surface area contributed by atoms with Crippen molar-refractivity contribution < 1.29 is 9.13 Å². The molecule has 2 N–H and O–H groups in total. The van der Waals surface area contributed by atoms with Gasteiger partial charge in [0.25, 0.3) is 5.56 Å². The predicted molar refractivity (Wildman–Crippen MR) is 101 cm³/mol. The summed E-state index contributed by atoms with van der Waals surface area (Å²) in [7, 11) is 0. The maximum Gasteiger partial charge on any atom is 0.274 e. The summed E-state index contributed by atoms with van der Waals surface area (Å²) in [4.78, 5) is 13.9. The molecule has 3 aromatic rings. The molecular formula is C18H15ClFN5O2. The minimum atomic E-state index is -0.408. The van der Waals surface area contributed by atoms with E-state index < -0.39 is 5.82 Å². The zero-order valence-electron chi connectivity index (χ0n) is 14.2. The first-order valence-electron chi connectivity index (χ1n) is 7.91. The maximum absolute atomic E-state index is 13.7. The highest BCUT2D eigenvalue weighted by atomic mass is 35.5. The third kappa shape index (κ3) is 4.89. The van der Waals surface area contributed by atoms with E-state index in [9.17, 15) is 9.18 Å². The second-order valence-corrected chi connectivity index (χ2v) is 5.92. The molecule has 0 aliphatic carbocycles. The molecule has 0 saturated heterocycles. The summed E-state index contributed by atoms with van der Waals surface area (Å²) in [5, 5.41) is 11.7. The van der Waals surface area contributed by atoms with Crippen molar-refractivity contribution in [3.05, 3.63) is 80.5 Å². The molecule has 0 radical (unpaired) electrons. The standard InChI is InChI=1S/C18H15ClFN5O2/c1-11-17(26)22-18(25-23-11)24-21-9-12-5-7-13(8-6-12)27-10-14-15(19)3-2-4-16(14)20/h2-9H,10H2,1H3,(H2,22,24,25,26)/b21-9+. The Kier molecular flexibility index (Phi) is 5.77. The normalized spacial score (nSPS) is 10.9. The van der Waals surface area contributed by atoms with Crippen molar-refractivity contribution in [1.82, 2.24) is 15.2 Å². The average Bonchev–Trinajstić information content (AvgIpc) is 2.65. The van der Waals surface area contributed by atoms with Crippen LogP contribution in [-0.4, -0.2) is 21.4 Å². The van der Waals surface area contributed by atoms with Gasteiger partial charge in [0.05, 0.1) is 11.2 Å². The largest absolute Gasteiger partial charge is 0.489 e. The highest BCUT2D eigenvalue weighted by Gasteiger charge is 2.07. The molecule has 0 saturated carbocycles. The number of aromatic amines is 1. The molecule has 3 rings (SSSR count). The number of H-pyrrole nitrogens is 1. The lowest BCUT2D eigenvalue weighted by atomic mass is 10.2. The van der Waals surface area contributed by atoms with Gasteiger partial charge in [-0.25, -0.2) is 9.82 Å². The Balaban J connectivity index is 1.58. The molecule has 0 bridgehead atoms. The number of aryl methyl sites for hydroxylation is 1. The number of nitrogens with zero attached hydrogens (tertiary/aromatic N) is 3. The lowest BCUT2D eigenvalue weighted by molar-refractivity contribution is 0.300. The van der Waals surface area contributed by atoms with E-state index in [0.29, 0.717) is 16.3 Å². The first kappa shape index (κ1) is 18.5. The molecule has 0 amide bonds. The highest BCUT2D eigenvalue weighted by molar-refractivity contribution is 6.31. The lowest BCUT2D eigenvalue weighted by Gasteiger charge is -2.08. The monoisotopic (exact) mass is 387 g/mol. The van der Waals surface area contributed by atoms with Crippen LogP contribution in [0.1, 0.15) is 16.8 Å². The second-order valence-electron chi connectivity index (χ2n) is 5.52. The van der Waals surface area contributed by atoms with Crippen LogP contribution in [0, 0.1) is 12.7 Å². The van der Waals surface area contributed by atoms with Crippen LogP contribution >= 0.6 is 11.6 Å². The molecule has 2 aromatic carbocycles. The molecule has 138 valence electrons. The summed E-state index contributed by atoms with van der Waals surface area (Å²) in [6.45, 7) is 1.59. The van der Waals surface area contributed by atoms with E-state index in [1.807, 2.05) is 0 Å². The van der Waals surface area contributed by atoms with Gasteiger partial charge in [0.2, 0.25) is 5.95 Å². The molecule has 0 spiro atoms. The lowest BCUT2D eigenvalue weighted by Crippen LogP contribution is -2.15. The molecule has 1 heterocycles. The van der Waals surface area contributed by atoms with Crippen LogP contribution in [0.5, 0.6) is 5.75 Å². The fraction of sp³-hybridized carbons (Fsp3) is 0.111. The Labute approximate surface area is 158 Å². The van der Waals surface area contributed by atoms with E-state index in [1.54, 1.807) is 43.3 Å². The maximum atomic E-state index is 13.7. The van der Waals surface area contributed by atoms with Crippen LogP contribution < -0.4 is 15.7 Å². The molecule has 0 aliphatic heterocycles. The minimum Gasteiger partial charge on any atom is -0.489 e. The van der Waals surface area contributed by atoms with E-state index in [-0.39, 0.29) is 23.8 Å². The van der Waals surface area contributed by atoms with Gasteiger partial charge in [-0.2, -0.15) is 5.10 Å². The fourth-order valence-electron chi connectivity index (χ4n) is 2.09. The number of hydrogen-bond acceptors (Lipinski definition) is 6. The molecule has 9 heteroatoms. The number of halogens is 2. The molecule has 0 atom stereocenters. The molecule has 27 heavy (non-hydrogen) atoms. The third-order valence-corrected chi connectivity index (χ3v) is 3.92. The van der Waals surface area contributed by atoms with Crippen LogP contribution in [0.4, 0.5) is 10.3 Å². The van der Waals surface area contributed by atoms with Crippen LogP contribution in [0.25, 0.3) is 0 Å². The van der Waals surface area contributed by atoms with Crippen LogP contribution in [0.2, 0.25) is 5.02 Å². The number of hydrazone groups is 1. The van der Waals surface area contributed by atoms with E-state index in [1.165, 1.54) is 12.3 Å². The van der Waals surface area contributed by atoms with Gasteiger partial charge in [-0.05, 0) is 48.9 Å². The predicted octanol–water partition coefficient (Wildman–Crippen LogP) is 3.29. The molecule has 1 aromatic heterocycles. The van der Waals surface area contributed by atoms with Crippen molar-refractivity contribution in [2.45, 2.75) is 13.5 Å². The minimum absolute atomic E-state index is 0.0277. The summed E-state index contributed by atoms with van der Waals surface area (Å²) in [5.41, 5.74) is 3.61. The quantitative estimate of drug-likeness (QED) is 0.500. The van der Waals surface area contributed by atoms with Crippen LogP contribution in [0.15, 0.2) is 52.4 Å². The summed E-state index contributed by atoms with van der Waals surface area (Å²) in [6.07, 6.45) is 1.54. The van der Waals surface area contributed by atoms with Crippen LogP contribution in [-0.2, 0) is 6.61 Å². The smallest absolute Gasteiger partial charge is 0.274 e. The zero-order valence-corrected chi connectivity index (χ0v) is 15.0. The van der Waals surface area contributed by atoms with Crippen molar-refractivity contribution in [2.24, 2.45) is 5.10 Å². The van der Waals surface area contributed by atoms with Gasteiger partial charge in [0, 0.05) is 5.56 Å². The van der Waals surface area contributed by atoms with E-state index in [0.717, 1.165) is 5.56 Å². The first-order chi connectivity index (χ1) is 13.0. The highest BCUT2D eigenvalue weighted by Crippen LogP contribution is 2.21. The fourth-order valence-corrected chi connectivity index (χ4v) is 2.31. The molecule has 0 unspecified atom stereocenters. The number of aromatic nitrogens is 3. The number of anilines is 1. The number of rotatable bonds is 6. The summed E-state index contributed by atoms with van der Waals surface area (Å²) in [6, 6.07) is 11.5. The zero-order chi connectivity index (χ0) is 19.2. The summed E-state index contributed by atoms with van der Waals surface area (Å²) >= 11 is 5.97. The topological polar surface area (TPSA) is 92.3 Å². The van der Waals surface area contributed by atoms with E-state index in [2.05, 4.69) is 25.7 Å². The Morgan fingerprint density at radius 3 is 2.74 bits per heavy atom. The molecule has 0 fully saturated rings. The van der Waals surface area contributed by atoms with Crippen molar-refractivity contribution in [1.29, 1.82) is 0 Å². The first-order valence-corrected chi connectivity index (χ1v) is 8.29. The van der Waals surface area contributed by atoms with Gasteiger partial charge in [0.1, 0.15) is 23.9 Å². The Bertz CT molecular complexity index is 1000. The van der Waals surface area contributed by atoms with Crippen molar-refractivity contribution in [3.63, 3.8) is 0 Å². The van der Waals surface area contributed by atoms with Gasteiger partial charge in [-0.1, -0.05) is 17.7 Å². The third-order valence-electron chi connectivity index (χ3n) is 3.57. The average molecular weight is 388 g/mol. The SMILES string of the molecule is Cc1nnc(N/N=C/c2ccc(OCc3c(F)cccc3Cl)cc2)[nH]c1=O. The summed E-state index contributed by atoms with van der Waals surface area (Å²) < 4.78 is 19.3. The van der Waals surface area contributed by atoms with E-state index >= 15 is 0 Å². The van der Waals surface area contributed by atoms with Crippen molar-refractivity contribution in [3.8, 4) is 5.75 Å². The number of ether oxygens (including phenoxy) is 1. The van der Waals surface area contributed by atoms with Gasteiger partial charge in [0.15, 0.2) is 0 Å². The van der Waals surface area contributed by atoms with Crippen molar-refractivity contribution in [2.75, 3.05) is 5.43 Å². The van der Waals surface area contributed by atoms with Crippen molar-refractivity contribution >= 4 is 23.8 Å². The molecule has 7 nitrogen and oxygen atoms in total. The van der Waals surface area contributed by atoms with Gasteiger partial charge in [-0.15, -0.1) is 10.2 Å². The number of benzene rings is 2. The molecular weight excluding hydrogens is 373 g/mol. The van der Waals surface area contributed by atoms with Gasteiger partial charge < -0.3 is 4.74 Å². The van der Waals surface area contributed by atoms with E-state index in [4.69, 9.17) is 16.3 Å². The summed E-state index contributed by atoms with van der Waals surface area (Å²) in [5.74, 6) is 0.298.